The van der Waals surface area contributed by atoms with E-state index in [0.717, 1.165) is 37.9 Å². The van der Waals surface area contributed by atoms with Gasteiger partial charge in [0.15, 0.2) is 17.3 Å². The van der Waals surface area contributed by atoms with Crippen molar-refractivity contribution < 1.29 is 14.3 Å². The van der Waals surface area contributed by atoms with Gasteiger partial charge in [-0.3, -0.25) is 4.79 Å². The maximum absolute atomic E-state index is 13.3. The zero-order valence-electron chi connectivity index (χ0n) is 20.3. The van der Waals surface area contributed by atoms with Crippen molar-refractivity contribution in [3.8, 4) is 16.7 Å². The Kier molecular flexibility index (Phi) is 7.57. The first kappa shape index (κ1) is 24.0. The minimum atomic E-state index is 0.0164. The number of aromatic nitrogens is 2. The highest BCUT2D eigenvalue weighted by Crippen LogP contribution is 2.34. The van der Waals surface area contributed by atoms with Crippen molar-refractivity contribution in [2.24, 2.45) is 5.92 Å². The van der Waals surface area contributed by atoms with Gasteiger partial charge in [0.05, 0.1) is 7.11 Å². The second-order valence-electron chi connectivity index (χ2n) is 9.03. The van der Waals surface area contributed by atoms with E-state index in [1.54, 1.807) is 25.3 Å². The number of ether oxygens (including phenoxy) is 2. The highest BCUT2D eigenvalue weighted by atomic mass is 32.1. The van der Waals surface area contributed by atoms with Crippen LogP contribution in [0.4, 0.5) is 0 Å². The molecule has 5 rings (SSSR count). The lowest BCUT2D eigenvalue weighted by atomic mass is 9.90. The number of likely N-dealkylation sites (tertiary alicyclic amines) is 1. The van der Waals surface area contributed by atoms with E-state index in [-0.39, 0.29) is 5.91 Å². The van der Waals surface area contributed by atoms with Gasteiger partial charge < -0.3 is 14.4 Å². The van der Waals surface area contributed by atoms with Crippen LogP contribution in [-0.4, -0.2) is 40.4 Å². The molecular formula is C29H29N3O3S. The van der Waals surface area contributed by atoms with E-state index in [2.05, 4.69) is 33.6 Å². The van der Waals surface area contributed by atoms with Crippen LogP contribution in [0, 0.1) is 5.92 Å². The number of methoxy groups -OCH3 is 1. The molecule has 0 saturated carbocycles. The van der Waals surface area contributed by atoms with Gasteiger partial charge >= 0.3 is 0 Å². The van der Waals surface area contributed by atoms with Gasteiger partial charge in [-0.25, -0.2) is 0 Å². The molecule has 1 amide bonds. The average molecular weight is 500 g/mol. The summed E-state index contributed by atoms with van der Waals surface area (Å²) in [6.07, 6.45) is 3.72. The van der Waals surface area contributed by atoms with Gasteiger partial charge in [0.2, 0.25) is 0 Å². The number of nitrogens with zero attached hydrogens (tertiary/aromatic N) is 3. The predicted octanol–water partition coefficient (Wildman–Crippen LogP) is 6.02. The standard InChI is InChI=1S/C29H29N3O3S/c1-34-25-13-12-24(28(33)32-16-14-23(15-17-32)18-21-8-4-2-5-9-21)20-26(25)35-29-30-27(31-36-29)19-22-10-6-3-7-11-22/h2-13,20,23H,14-19H2,1H3. The molecule has 6 nitrogen and oxygen atoms in total. The Morgan fingerprint density at radius 1 is 0.944 bits per heavy atom. The summed E-state index contributed by atoms with van der Waals surface area (Å²) in [4.78, 5) is 19.7. The maximum Gasteiger partial charge on any atom is 0.298 e. The molecule has 0 unspecified atom stereocenters. The molecule has 1 aliphatic rings. The number of piperidine rings is 1. The molecule has 1 aliphatic heterocycles. The lowest BCUT2D eigenvalue weighted by Crippen LogP contribution is -2.38. The van der Waals surface area contributed by atoms with E-state index in [9.17, 15) is 4.79 Å². The number of rotatable bonds is 8. The average Bonchev–Trinajstić information content (AvgIpc) is 3.36. The summed E-state index contributed by atoms with van der Waals surface area (Å²) in [5.41, 5.74) is 3.09. The minimum absolute atomic E-state index is 0.0164. The van der Waals surface area contributed by atoms with Gasteiger partial charge in [0, 0.05) is 36.6 Å². The molecule has 0 spiro atoms. The van der Waals surface area contributed by atoms with Crippen molar-refractivity contribution in [3.05, 3.63) is 101 Å². The Bertz CT molecular complexity index is 1290. The number of hydrogen-bond donors (Lipinski definition) is 0. The molecule has 184 valence electrons. The second kappa shape index (κ2) is 11.4. The van der Waals surface area contributed by atoms with Crippen LogP contribution in [-0.2, 0) is 12.8 Å². The highest BCUT2D eigenvalue weighted by Gasteiger charge is 2.25. The molecule has 0 aliphatic carbocycles. The van der Waals surface area contributed by atoms with Crippen LogP contribution in [0.15, 0.2) is 78.9 Å². The molecule has 7 heteroatoms. The molecule has 1 fully saturated rings. The topological polar surface area (TPSA) is 64.5 Å². The van der Waals surface area contributed by atoms with Crippen LogP contribution in [0.2, 0.25) is 0 Å². The fourth-order valence-corrected chi connectivity index (χ4v) is 5.15. The van der Waals surface area contributed by atoms with Crippen LogP contribution in [0.5, 0.6) is 16.7 Å². The van der Waals surface area contributed by atoms with E-state index >= 15 is 0 Å². The molecule has 4 aromatic rings. The molecule has 0 radical (unpaired) electrons. The normalized spacial score (nSPS) is 14.0. The van der Waals surface area contributed by atoms with Crippen molar-refractivity contribution in [2.75, 3.05) is 20.2 Å². The number of hydrogen-bond acceptors (Lipinski definition) is 6. The van der Waals surface area contributed by atoms with Gasteiger partial charge in [-0.15, -0.1) is 0 Å². The van der Waals surface area contributed by atoms with Gasteiger partial charge in [-0.1, -0.05) is 60.7 Å². The van der Waals surface area contributed by atoms with Crippen LogP contribution >= 0.6 is 11.5 Å². The Balaban J connectivity index is 1.23. The van der Waals surface area contributed by atoms with E-state index in [1.165, 1.54) is 17.1 Å². The minimum Gasteiger partial charge on any atom is -0.493 e. The van der Waals surface area contributed by atoms with E-state index in [1.807, 2.05) is 41.3 Å². The summed E-state index contributed by atoms with van der Waals surface area (Å²) in [7, 11) is 1.59. The third kappa shape index (κ3) is 5.91. The van der Waals surface area contributed by atoms with Crippen LogP contribution in [0.1, 0.15) is 40.2 Å². The molecular weight excluding hydrogens is 470 g/mol. The quantitative estimate of drug-likeness (QED) is 0.296. The third-order valence-corrected chi connectivity index (χ3v) is 7.16. The van der Waals surface area contributed by atoms with Gasteiger partial charge in [-0.2, -0.15) is 9.36 Å². The Morgan fingerprint density at radius 3 is 2.33 bits per heavy atom. The Labute approximate surface area is 215 Å². The van der Waals surface area contributed by atoms with Crippen molar-refractivity contribution in [3.63, 3.8) is 0 Å². The number of carbonyl (C=O) groups excluding carboxylic acids is 1. The molecule has 1 saturated heterocycles. The third-order valence-electron chi connectivity index (χ3n) is 6.53. The van der Waals surface area contributed by atoms with Crippen molar-refractivity contribution >= 4 is 17.4 Å². The van der Waals surface area contributed by atoms with Crippen LogP contribution < -0.4 is 9.47 Å². The molecule has 0 bridgehead atoms. The summed E-state index contributed by atoms with van der Waals surface area (Å²) in [5, 5.41) is 0.422. The number of benzene rings is 3. The molecule has 0 atom stereocenters. The fraction of sp³-hybridized carbons (Fsp3) is 0.276. The van der Waals surface area contributed by atoms with Gasteiger partial charge in [0.1, 0.15) is 0 Å². The molecule has 36 heavy (non-hydrogen) atoms. The lowest BCUT2D eigenvalue weighted by molar-refractivity contribution is 0.0690. The number of carbonyl (C=O) groups is 1. The van der Waals surface area contributed by atoms with E-state index in [0.29, 0.717) is 40.4 Å². The molecule has 3 aromatic carbocycles. The first-order valence-corrected chi connectivity index (χ1v) is 13.0. The number of amides is 1. The molecule has 0 N–H and O–H groups in total. The van der Waals surface area contributed by atoms with Crippen molar-refractivity contribution in [1.29, 1.82) is 0 Å². The summed E-state index contributed by atoms with van der Waals surface area (Å²) in [6.45, 7) is 1.52. The largest absolute Gasteiger partial charge is 0.493 e. The smallest absolute Gasteiger partial charge is 0.298 e. The zero-order valence-corrected chi connectivity index (χ0v) is 21.1. The lowest BCUT2D eigenvalue weighted by Gasteiger charge is -2.32. The fourth-order valence-electron chi connectivity index (χ4n) is 4.58. The SMILES string of the molecule is COc1ccc(C(=O)N2CCC(Cc3ccccc3)CC2)cc1Oc1nc(Cc2ccccc2)ns1. The highest BCUT2D eigenvalue weighted by molar-refractivity contribution is 7.07. The Morgan fingerprint density at radius 2 is 1.64 bits per heavy atom. The van der Waals surface area contributed by atoms with Gasteiger partial charge in [-0.05, 0) is 54.5 Å². The Hall–Kier alpha value is -3.71. The maximum atomic E-state index is 13.3. The zero-order chi connectivity index (χ0) is 24.7. The summed E-state index contributed by atoms with van der Waals surface area (Å²) < 4.78 is 15.9. The molecule has 2 heterocycles. The monoisotopic (exact) mass is 499 g/mol. The molecule has 1 aromatic heterocycles. The van der Waals surface area contributed by atoms with E-state index in [4.69, 9.17) is 9.47 Å². The summed E-state index contributed by atoms with van der Waals surface area (Å²) in [5.74, 6) is 2.33. The summed E-state index contributed by atoms with van der Waals surface area (Å²) >= 11 is 1.19. The predicted molar refractivity (Wildman–Crippen MR) is 141 cm³/mol. The van der Waals surface area contributed by atoms with Gasteiger partial charge in [0.25, 0.3) is 11.1 Å². The van der Waals surface area contributed by atoms with Crippen LogP contribution in [0.3, 0.4) is 0 Å². The van der Waals surface area contributed by atoms with Crippen molar-refractivity contribution in [2.45, 2.75) is 25.7 Å². The van der Waals surface area contributed by atoms with Crippen molar-refractivity contribution in [1.82, 2.24) is 14.3 Å². The first-order valence-electron chi connectivity index (χ1n) is 12.2. The second-order valence-corrected chi connectivity index (χ2v) is 9.75. The van der Waals surface area contributed by atoms with Crippen LogP contribution in [0.25, 0.3) is 0 Å². The summed E-state index contributed by atoms with van der Waals surface area (Å²) in [6, 6.07) is 26.0. The van der Waals surface area contributed by atoms with E-state index < -0.39 is 0 Å². The first-order chi connectivity index (χ1) is 17.7.